The number of aromatic hydroxyl groups is 1. The van der Waals surface area contributed by atoms with E-state index in [9.17, 15) is 5.11 Å². The lowest BCUT2D eigenvalue weighted by molar-refractivity contribution is 0.475. The minimum atomic E-state index is 0.237. The van der Waals surface area contributed by atoms with Crippen LogP contribution in [0.2, 0.25) is 0 Å². The van der Waals surface area contributed by atoms with Gasteiger partial charge in [0, 0.05) is 5.38 Å². The van der Waals surface area contributed by atoms with Crippen LogP contribution in [0.3, 0.4) is 0 Å². The second-order valence-corrected chi connectivity index (χ2v) is 7.11. The van der Waals surface area contributed by atoms with E-state index in [4.69, 9.17) is 0 Å². The summed E-state index contributed by atoms with van der Waals surface area (Å²) >= 11 is 1.57. The molecule has 0 unspecified atom stereocenters. The van der Waals surface area contributed by atoms with Crippen molar-refractivity contribution in [2.75, 3.05) is 0 Å². The molecule has 4 rings (SSSR count). The highest BCUT2D eigenvalue weighted by Crippen LogP contribution is 2.20. The number of phenolic OH excluding ortho intramolecular Hbond substituents is 1. The summed E-state index contributed by atoms with van der Waals surface area (Å²) in [6.45, 7) is 0.724. The molecule has 0 fully saturated rings. The molecule has 1 N–H and O–H groups in total. The molecule has 0 bridgehead atoms. The molecule has 1 aromatic heterocycles. The van der Waals surface area contributed by atoms with Crippen LogP contribution in [-0.2, 0) is 6.54 Å². The zero-order chi connectivity index (χ0) is 19.2. The fraction of sp³-hybridized carbons (Fsp3) is 0.0435. The molecule has 0 radical (unpaired) electrons. The van der Waals surface area contributed by atoms with Gasteiger partial charge in [-0.1, -0.05) is 60.7 Å². The van der Waals surface area contributed by atoms with Crippen LogP contribution in [0.25, 0.3) is 11.3 Å². The number of phenols is 1. The van der Waals surface area contributed by atoms with E-state index in [0.717, 1.165) is 28.2 Å². The summed E-state index contributed by atoms with van der Waals surface area (Å²) in [7, 11) is 0. The Morgan fingerprint density at radius 1 is 0.857 bits per heavy atom. The lowest BCUT2D eigenvalue weighted by Gasteiger charge is -2.09. The normalized spacial score (nSPS) is 11.9. The summed E-state index contributed by atoms with van der Waals surface area (Å²) in [5.74, 6) is 0.237. The highest BCUT2D eigenvalue weighted by Gasteiger charge is 2.08. The third-order valence-electron chi connectivity index (χ3n) is 4.29. The average molecular weight is 385 g/mol. The Hall–Kier alpha value is -3.44. The Kier molecular flexibility index (Phi) is 5.45. The predicted octanol–water partition coefficient (Wildman–Crippen LogP) is 4.91. The fourth-order valence-corrected chi connectivity index (χ4v) is 3.74. The van der Waals surface area contributed by atoms with Crippen molar-refractivity contribution < 1.29 is 5.11 Å². The van der Waals surface area contributed by atoms with Crippen molar-refractivity contribution in [3.8, 4) is 17.0 Å². The molecule has 4 nitrogen and oxygen atoms in total. The van der Waals surface area contributed by atoms with E-state index < -0.39 is 0 Å². The van der Waals surface area contributed by atoms with Gasteiger partial charge in [0.25, 0.3) is 0 Å². The van der Waals surface area contributed by atoms with E-state index in [1.165, 1.54) is 5.56 Å². The van der Waals surface area contributed by atoms with Crippen molar-refractivity contribution in [1.82, 2.24) is 4.57 Å². The van der Waals surface area contributed by atoms with Gasteiger partial charge in [-0.25, -0.2) is 0 Å². The third-order valence-corrected chi connectivity index (χ3v) is 5.15. The van der Waals surface area contributed by atoms with E-state index in [-0.39, 0.29) is 5.75 Å². The first kappa shape index (κ1) is 17.9. The van der Waals surface area contributed by atoms with Crippen LogP contribution in [-0.4, -0.2) is 15.9 Å². The third kappa shape index (κ3) is 4.27. The summed E-state index contributed by atoms with van der Waals surface area (Å²) in [6.07, 6.45) is 1.69. The summed E-state index contributed by atoms with van der Waals surface area (Å²) in [5.41, 5.74) is 4.37. The topological polar surface area (TPSA) is 49.9 Å². The average Bonchev–Trinajstić information content (AvgIpc) is 3.13. The molecule has 0 amide bonds. The molecule has 138 valence electrons. The molecule has 0 aliphatic heterocycles. The molecule has 0 saturated heterocycles. The number of hydrogen-bond donors (Lipinski definition) is 1. The van der Waals surface area contributed by atoms with Crippen molar-refractivity contribution in [2.24, 2.45) is 10.2 Å². The van der Waals surface area contributed by atoms with Crippen LogP contribution in [0, 0.1) is 0 Å². The fourth-order valence-electron chi connectivity index (χ4n) is 2.87. The number of nitrogens with zero attached hydrogens (tertiary/aromatic N) is 3. The zero-order valence-electron chi connectivity index (χ0n) is 15.1. The maximum Gasteiger partial charge on any atom is 0.211 e. The second-order valence-electron chi connectivity index (χ2n) is 6.28. The molecule has 5 heteroatoms. The number of aromatic nitrogens is 1. The van der Waals surface area contributed by atoms with Crippen molar-refractivity contribution in [3.63, 3.8) is 0 Å². The lowest BCUT2D eigenvalue weighted by atomic mass is 10.1. The van der Waals surface area contributed by atoms with E-state index in [0.29, 0.717) is 0 Å². The maximum absolute atomic E-state index is 9.38. The summed E-state index contributed by atoms with van der Waals surface area (Å²) in [4.78, 5) is 0.831. The first-order chi connectivity index (χ1) is 13.8. The highest BCUT2D eigenvalue weighted by atomic mass is 32.1. The standard InChI is InChI=1S/C23H19N3OS/c27-21-13-11-18(12-14-21)15-24-25-23-26(16-19-7-3-1-4-8-19)22(17-28-23)20-9-5-2-6-10-20/h1-15,17,27H,16H2/b24-15-,25-23+. The van der Waals surface area contributed by atoms with Crippen LogP contribution in [0.1, 0.15) is 11.1 Å². The maximum atomic E-state index is 9.38. The SMILES string of the molecule is Oc1ccc(/C=N\N=c2\scc(-c3ccccc3)n2Cc2ccccc2)cc1. The van der Waals surface area contributed by atoms with Gasteiger partial charge in [0.15, 0.2) is 0 Å². The van der Waals surface area contributed by atoms with Gasteiger partial charge in [0.05, 0.1) is 18.5 Å². The van der Waals surface area contributed by atoms with E-state index in [1.54, 1.807) is 41.8 Å². The van der Waals surface area contributed by atoms with Gasteiger partial charge in [0.1, 0.15) is 5.75 Å². The number of rotatable bonds is 5. The van der Waals surface area contributed by atoms with Crippen molar-refractivity contribution in [3.05, 3.63) is 106 Å². The molecular formula is C23H19N3OS. The Balaban J connectivity index is 1.72. The monoisotopic (exact) mass is 385 g/mol. The molecule has 0 aliphatic rings. The summed E-state index contributed by atoms with van der Waals surface area (Å²) < 4.78 is 2.18. The highest BCUT2D eigenvalue weighted by molar-refractivity contribution is 7.07. The van der Waals surface area contributed by atoms with E-state index in [2.05, 4.69) is 44.4 Å². The largest absolute Gasteiger partial charge is 0.508 e. The Morgan fingerprint density at radius 3 is 2.25 bits per heavy atom. The van der Waals surface area contributed by atoms with Crippen molar-refractivity contribution >= 4 is 17.6 Å². The van der Waals surface area contributed by atoms with Gasteiger partial charge in [-0.05, 0) is 41.0 Å². The molecule has 4 aromatic rings. The van der Waals surface area contributed by atoms with Crippen LogP contribution in [0.4, 0.5) is 0 Å². The molecule has 0 saturated carbocycles. The van der Waals surface area contributed by atoms with Crippen LogP contribution < -0.4 is 4.80 Å². The molecule has 3 aromatic carbocycles. The zero-order valence-corrected chi connectivity index (χ0v) is 16.0. The Bertz CT molecular complexity index is 1130. The van der Waals surface area contributed by atoms with Crippen molar-refractivity contribution in [2.45, 2.75) is 6.54 Å². The van der Waals surface area contributed by atoms with Crippen LogP contribution in [0.5, 0.6) is 5.75 Å². The van der Waals surface area contributed by atoms with Crippen LogP contribution >= 0.6 is 11.3 Å². The Labute approximate surface area is 167 Å². The minimum absolute atomic E-state index is 0.237. The smallest absolute Gasteiger partial charge is 0.211 e. The van der Waals surface area contributed by atoms with E-state index in [1.807, 2.05) is 36.4 Å². The van der Waals surface area contributed by atoms with Gasteiger partial charge in [0.2, 0.25) is 4.80 Å². The van der Waals surface area contributed by atoms with Gasteiger partial charge in [-0.2, -0.15) is 5.10 Å². The molecule has 0 spiro atoms. The molecular weight excluding hydrogens is 366 g/mol. The number of benzene rings is 3. The molecule has 0 atom stereocenters. The molecule has 28 heavy (non-hydrogen) atoms. The lowest BCUT2D eigenvalue weighted by Crippen LogP contribution is -2.16. The van der Waals surface area contributed by atoms with Crippen molar-refractivity contribution in [1.29, 1.82) is 0 Å². The summed E-state index contributed by atoms with van der Waals surface area (Å²) in [5, 5.41) is 20.2. The first-order valence-electron chi connectivity index (χ1n) is 8.93. The number of hydrogen-bond acceptors (Lipinski definition) is 4. The van der Waals surface area contributed by atoms with Gasteiger partial charge >= 0.3 is 0 Å². The van der Waals surface area contributed by atoms with Gasteiger partial charge in [-0.3, -0.25) is 0 Å². The molecule has 1 heterocycles. The van der Waals surface area contributed by atoms with Crippen LogP contribution in [0.15, 0.2) is 101 Å². The molecule has 0 aliphatic carbocycles. The quantitative estimate of drug-likeness (QED) is 0.385. The van der Waals surface area contributed by atoms with Gasteiger partial charge in [-0.15, -0.1) is 16.4 Å². The summed E-state index contributed by atoms with van der Waals surface area (Å²) in [6, 6.07) is 27.5. The number of thiazole rings is 1. The predicted molar refractivity (Wildman–Crippen MR) is 115 cm³/mol. The Morgan fingerprint density at radius 2 is 1.54 bits per heavy atom. The van der Waals surface area contributed by atoms with E-state index >= 15 is 0 Å². The van der Waals surface area contributed by atoms with Gasteiger partial charge < -0.3 is 9.67 Å². The minimum Gasteiger partial charge on any atom is -0.508 e. The first-order valence-corrected chi connectivity index (χ1v) is 9.81. The second kappa shape index (κ2) is 8.50.